The van der Waals surface area contributed by atoms with Crippen molar-refractivity contribution in [3.8, 4) is 0 Å². The molecule has 1 aliphatic rings. The third kappa shape index (κ3) is 7.30. The highest BCUT2D eigenvalue weighted by molar-refractivity contribution is 7.09. The van der Waals surface area contributed by atoms with E-state index in [1.165, 1.54) is 0 Å². The summed E-state index contributed by atoms with van der Waals surface area (Å²) in [7, 11) is 1.78. The molecule has 142 valence electrons. The molecule has 1 atom stereocenters. The number of aromatic nitrogens is 1. The van der Waals surface area contributed by atoms with Crippen molar-refractivity contribution in [1.29, 1.82) is 0 Å². The number of nitrogens with one attached hydrogen (secondary N) is 2. The molecule has 6 nitrogen and oxygen atoms in total. The summed E-state index contributed by atoms with van der Waals surface area (Å²) in [6.07, 6.45) is 3.54. The lowest BCUT2D eigenvalue weighted by atomic mass is 9.93. The number of hydrogen-bond acceptors (Lipinski definition) is 5. The zero-order valence-corrected chi connectivity index (χ0v) is 16.7. The Bertz CT molecular complexity index is 533. The Labute approximate surface area is 155 Å². The first-order valence-corrected chi connectivity index (χ1v) is 9.96. The predicted molar refractivity (Wildman–Crippen MR) is 103 cm³/mol. The van der Waals surface area contributed by atoms with Crippen molar-refractivity contribution in [2.24, 2.45) is 4.99 Å². The summed E-state index contributed by atoms with van der Waals surface area (Å²) < 4.78 is 11.2. The fourth-order valence-corrected chi connectivity index (χ4v) is 3.45. The highest BCUT2D eigenvalue weighted by Crippen LogP contribution is 2.23. The summed E-state index contributed by atoms with van der Waals surface area (Å²) in [4.78, 5) is 8.94. The summed E-state index contributed by atoms with van der Waals surface area (Å²) in [5, 5.41) is 9.84. The van der Waals surface area contributed by atoms with Crippen LogP contribution in [0.3, 0.4) is 0 Å². The van der Waals surface area contributed by atoms with Crippen LogP contribution in [0.25, 0.3) is 0 Å². The number of aliphatic imine (C=N–C) groups is 1. The van der Waals surface area contributed by atoms with Gasteiger partial charge in [0.05, 0.1) is 24.9 Å². The minimum atomic E-state index is 0.0954. The lowest BCUT2D eigenvalue weighted by Gasteiger charge is -2.14. The average molecular weight is 369 g/mol. The molecule has 1 aromatic heterocycles. The van der Waals surface area contributed by atoms with Crippen molar-refractivity contribution in [1.82, 2.24) is 15.6 Å². The SMILES string of the molecule is CN=C(NCCCOCC1CCCO1)NCc1nc(C(C)(C)C)cs1. The normalized spacial score (nSPS) is 18.6. The van der Waals surface area contributed by atoms with E-state index >= 15 is 0 Å². The molecule has 0 amide bonds. The summed E-state index contributed by atoms with van der Waals surface area (Å²) in [6, 6.07) is 0. The Balaban J connectivity index is 1.58. The van der Waals surface area contributed by atoms with E-state index < -0.39 is 0 Å². The third-order valence-electron chi connectivity index (χ3n) is 4.04. The third-order valence-corrected chi connectivity index (χ3v) is 4.89. The van der Waals surface area contributed by atoms with Crippen molar-refractivity contribution < 1.29 is 9.47 Å². The zero-order valence-electron chi connectivity index (χ0n) is 15.9. The predicted octanol–water partition coefficient (Wildman–Crippen LogP) is 2.69. The second kappa shape index (κ2) is 10.1. The van der Waals surface area contributed by atoms with Gasteiger partial charge in [-0.05, 0) is 19.3 Å². The first-order valence-electron chi connectivity index (χ1n) is 9.08. The molecule has 0 aliphatic carbocycles. The monoisotopic (exact) mass is 368 g/mol. The maximum atomic E-state index is 5.66. The Morgan fingerprint density at radius 1 is 1.44 bits per heavy atom. The zero-order chi connectivity index (χ0) is 18.1. The quantitative estimate of drug-likeness (QED) is 0.419. The van der Waals surface area contributed by atoms with Crippen LogP contribution in [0.5, 0.6) is 0 Å². The van der Waals surface area contributed by atoms with E-state index in [0.717, 1.165) is 55.7 Å². The van der Waals surface area contributed by atoms with Gasteiger partial charge in [0.1, 0.15) is 5.01 Å². The van der Waals surface area contributed by atoms with Crippen molar-refractivity contribution >= 4 is 17.3 Å². The van der Waals surface area contributed by atoms with E-state index in [1.54, 1.807) is 18.4 Å². The number of nitrogens with zero attached hydrogens (tertiary/aromatic N) is 2. The molecule has 2 N–H and O–H groups in total. The molecule has 1 unspecified atom stereocenters. The molecule has 0 radical (unpaired) electrons. The van der Waals surface area contributed by atoms with E-state index in [0.29, 0.717) is 19.3 Å². The van der Waals surface area contributed by atoms with E-state index in [1.807, 2.05) is 0 Å². The van der Waals surface area contributed by atoms with Crippen LogP contribution in [0.1, 0.15) is 50.7 Å². The largest absolute Gasteiger partial charge is 0.379 e. The number of thiazole rings is 1. The van der Waals surface area contributed by atoms with Gasteiger partial charge >= 0.3 is 0 Å². The summed E-state index contributed by atoms with van der Waals surface area (Å²) >= 11 is 1.69. The van der Waals surface area contributed by atoms with Crippen molar-refractivity contribution in [2.45, 2.75) is 58.1 Å². The first-order chi connectivity index (χ1) is 12.0. The first kappa shape index (κ1) is 20.1. The van der Waals surface area contributed by atoms with Crippen molar-refractivity contribution in [3.63, 3.8) is 0 Å². The number of guanidine groups is 1. The molecule has 1 aromatic rings. The van der Waals surface area contributed by atoms with Gasteiger partial charge in [0.2, 0.25) is 0 Å². The lowest BCUT2D eigenvalue weighted by Crippen LogP contribution is -2.37. The van der Waals surface area contributed by atoms with Crippen LogP contribution in [-0.4, -0.2) is 50.5 Å². The molecule has 7 heteroatoms. The minimum Gasteiger partial charge on any atom is -0.379 e. The standard InChI is InChI=1S/C18H32N4O2S/c1-18(2,3)15-13-25-16(22-15)11-21-17(19-4)20-8-6-9-23-12-14-7-5-10-24-14/h13-14H,5-12H2,1-4H3,(H2,19,20,21). The molecule has 0 bridgehead atoms. The van der Waals surface area contributed by atoms with Gasteiger partial charge < -0.3 is 20.1 Å². The average Bonchev–Trinajstić information content (AvgIpc) is 3.24. The van der Waals surface area contributed by atoms with Gasteiger partial charge in [0.25, 0.3) is 0 Å². The number of hydrogen-bond donors (Lipinski definition) is 2. The molecule has 0 spiro atoms. The van der Waals surface area contributed by atoms with Crippen molar-refractivity contribution in [2.75, 3.05) is 33.4 Å². The maximum Gasteiger partial charge on any atom is 0.191 e. The second-order valence-corrected chi connectivity index (χ2v) is 8.24. The maximum absolute atomic E-state index is 5.66. The van der Waals surface area contributed by atoms with Crippen LogP contribution in [0.2, 0.25) is 0 Å². The second-order valence-electron chi connectivity index (χ2n) is 7.29. The van der Waals surface area contributed by atoms with Gasteiger partial charge in [-0.15, -0.1) is 11.3 Å². The summed E-state index contributed by atoms with van der Waals surface area (Å²) in [5.74, 6) is 0.798. The van der Waals surface area contributed by atoms with Gasteiger partial charge in [-0.3, -0.25) is 4.99 Å². The molecule has 1 saturated heterocycles. The number of ether oxygens (including phenoxy) is 2. The summed E-state index contributed by atoms with van der Waals surface area (Å²) in [6.45, 7) is 10.4. The molecule has 1 fully saturated rings. The van der Waals surface area contributed by atoms with Crippen LogP contribution in [-0.2, 0) is 21.4 Å². The number of rotatable bonds is 8. The van der Waals surface area contributed by atoms with Crippen LogP contribution < -0.4 is 10.6 Å². The van der Waals surface area contributed by atoms with Crippen LogP contribution >= 0.6 is 11.3 Å². The molecule has 1 aliphatic heterocycles. The van der Waals surface area contributed by atoms with Gasteiger partial charge in [-0.2, -0.15) is 0 Å². The highest BCUT2D eigenvalue weighted by Gasteiger charge is 2.17. The van der Waals surface area contributed by atoms with E-state index in [4.69, 9.17) is 9.47 Å². The molecule has 25 heavy (non-hydrogen) atoms. The Morgan fingerprint density at radius 2 is 2.28 bits per heavy atom. The highest BCUT2D eigenvalue weighted by atomic mass is 32.1. The molecule has 0 aromatic carbocycles. The van der Waals surface area contributed by atoms with Crippen LogP contribution in [0.15, 0.2) is 10.4 Å². The molecule has 2 rings (SSSR count). The molecule has 0 saturated carbocycles. The minimum absolute atomic E-state index is 0.0954. The van der Waals surface area contributed by atoms with Gasteiger partial charge in [0, 0.05) is 37.6 Å². The van der Waals surface area contributed by atoms with E-state index in [2.05, 4.69) is 46.8 Å². The lowest BCUT2D eigenvalue weighted by molar-refractivity contribution is 0.0168. The van der Waals surface area contributed by atoms with Gasteiger partial charge in [0.15, 0.2) is 5.96 Å². The van der Waals surface area contributed by atoms with Crippen molar-refractivity contribution in [3.05, 3.63) is 16.1 Å². The Hall–Kier alpha value is -1.18. The molecular weight excluding hydrogens is 336 g/mol. The fourth-order valence-electron chi connectivity index (χ4n) is 2.49. The van der Waals surface area contributed by atoms with Crippen LogP contribution in [0.4, 0.5) is 0 Å². The van der Waals surface area contributed by atoms with E-state index in [9.17, 15) is 0 Å². The molecule has 2 heterocycles. The smallest absolute Gasteiger partial charge is 0.191 e. The molecular formula is C18H32N4O2S. The van der Waals surface area contributed by atoms with Gasteiger partial charge in [-0.25, -0.2) is 4.98 Å². The topological polar surface area (TPSA) is 67.8 Å². The van der Waals surface area contributed by atoms with E-state index in [-0.39, 0.29) is 5.41 Å². The Morgan fingerprint density at radius 3 is 2.92 bits per heavy atom. The summed E-state index contributed by atoms with van der Waals surface area (Å²) in [5.41, 5.74) is 1.23. The van der Waals surface area contributed by atoms with Crippen LogP contribution in [0, 0.1) is 0 Å². The van der Waals surface area contributed by atoms with Gasteiger partial charge in [-0.1, -0.05) is 20.8 Å². The fraction of sp³-hybridized carbons (Fsp3) is 0.778. The Kier molecular flexibility index (Phi) is 8.12.